The van der Waals surface area contributed by atoms with Gasteiger partial charge in [-0.3, -0.25) is 0 Å². The number of likely N-dealkylation sites (tertiary alicyclic amines) is 1. The lowest BCUT2D eigenvalue weighted by atomic mass is 10.0. The van der Waals surface area contributed by atoms with Crippen LogP contribution in [-0.2, 0) is 13.6 Å². The van der Waals surface area contributed by atoms with Crippen molar-refractivity contribution >= 4 is 29.9 Å². The molecule has 1 unspecified atom stereocenters. The molecule has 0 amide bonds. The number of hydrogen-bond acceptors (Lipinski definition) is 4. The quantitative estimate of drug-likeness (QED) is 0.330. The maximum absolute atomic E-state index is 4.84. The molecule has 0 spiro atoms. The van der Waals surface area contributed by atoms with Gasteiger partial charge in [-0.15, -0.1) is 34.2 Å². The molecule has 1 saturated heterocycles. The molecule has 2 aromatic rings. The number of halogens is 1. The van der Waals surface area contributed by atoms with Crippen molar-refractivity contribution in [3.05, 3.63) is 47.5 Å². The van der Waals surface area contributed by atoms with Gasteiger partial charge in [0.05, 0.1) is 6.04 Å². The number of nitrogens with one attached hydrogen (secondary N) is 2. The van der Waals surface area contributed by atoms with Crippen LogP contribution in [0.4, 0.5) is 0 Å². The van der Waals surface area contributed by atoms with Gasteiger partial charge >= 0.3 is 0 Å². The molecule has 1 aromatic heterocycles. The Hall–Kier alpha value is -1.68. The van der Waals surface area contributed by atoms with Crippen molar-refractivity contribution in [1.82, 2.24) is 30.3 Å². The van der Waals surface area contributed by atoms with Gasteiger partial charge in [-0.25, -0.2) is 4.99 Å². The zero-order valence-electron chi connectivity index (χ0n) is 18.6. The van der Waals surface area contributed by atoms with Crippen molar-refractivity contribution in [2.75, 3.05) is 19.6 Å². The van der Waals surface area contributed by atoms with Crippen LogP contribution in [0.15, 0.2) is 35.3 Å². The Morgan fingerprint density at radius 2 is 1.90 bits per heavy atom. The van der Waals surface area contributed by atoms with Crippen LogP contribution < -0.4 is 10.6 Å². The SMILES string of the molecule is CCCN1CCC(NC(=NCc2nnc(C)n2C)NC(C)c2ccccc2)CC1.I. The van der Waals surface area contributed by atoms with Gasteiger partial charge in [0, 0.05) is 26.2 Å². The summed E-state index contributed by atoms with van der Waals surface area (Å²) in [5.74, 6) is 2.61. The zero-order chi connectivity index (χ0) is 20.6. The number of guanidine groups is 1. The van der Waals surface area contributed by atoms with Gasteiger partial charge in [-0.05, 0) is 45.2 Å². The van der Waals surface area contributed by atoms with Gasteiger partial charge in [0.1, 0.15) is 12.4 Å². The average molecular weight is 525 g/mol. The second kappa shape index (κ2) is 12.2. The number of hydrogen-bond donors (Lipinski definition) is 2. The first-order valence-corrected chi connectivity index (χ1v) is 10.8. The lowest BCUT2D eigenvalue weighted by molar-refractivity contribution is 0.206. The Labute approximate surface area is 197 Å². The van der Waals surface area contributed by atoms with Crippen LogP contribution in [0.2, 0.25) is 0 Å². The molecular formula is C22H36IN7. The minimum Gasteiger partial charge on any atom is -0.354 e. The van der Waals surface area contributed by atoms with Crippen molar-refractivity contribution < 1.29 is 0 Å². The summed E-state index contributed by atoms with van der Waals surface area (Å²) < 4.78 is 1.99. The largest absolute Gasteiger partial charge is 0.354 e. The summed E-state index contributed by atoms with van der Waals surface area (Å²) in [6.07, 6.45) is 3.50. The van der Waals surface area contributed by atoms with Crippen LogP contribution in [0.5, 0.6) is 0 Å². The molecule has 7 nitrogen and oxygen atoms in total. The molecule has 1 aliphatic heterocycles. The van der Waals surface area contributed by atoms with E-state index in [1.807, 2.05) is 24.6 Å². The molecule has 1 atom stereocenters. The molecule has 166 valence electrons. The molecule has 0 radical (unpaired) electrons. The number of aryl methyl sites for hydroxylation is 1. The summed E-state index contributed by atoms with van der Waals surface area (Å²) in [7, 11) is 1.98. The fourth-order valence-corrected chi connectivity index (χ4v) is 3.71. The molecule has 2 N–H and O–H groups in total. The van der Waals surface area contributed by atoms with E-state index in [2.05, 4.69) is 63.8 Å². The highest BCUT2D eigenvalue weighted by Crippen LogP contribution is 2.13. The number of piperidine rings is 1. The Balaban J connectivity index is 0.00000320. The van der Waals surface area contributed by atoms with Gasteiger partial charge < -0.3 is 20.1 Å². The van der Waals surface area contributed by atoms with Crippen LogP contribution in [0.1, 0.15) is 56.4 Å². The molecule has 3 rings (SSSR count). The maximum atomic E-state index is 4.84. The topological polar surface area (TPSA) is 70.4 Å². The third-order valence-corrected chi connectivity index (χ3v) is 5.68. The zero-order valence-corrected chi connectivity index (χ0v) is 21.0. The van der Waals surface area contributed by atoms with E-state index in [0.29, 0.717) is 12.6 Å². The van der Waals surface area contributed by atoms with Gasteiger partial charge in [0.2, 0.25) is 0 Å². The van der Waals surface area contributed by atoms with Crippen LogP contribution >= 0.6 is 24.0 Å². The first-order chi connectivity index (χ1) is 14.1. The Bertz CT molecular complexity index is 782. The highest BCUT2D eigenvalue weighted by Gasteiger charge is 2.20. The van der Waals surface area contributed by atoms with E-state index < -0.39 is 0 Å². The molecule has 0 aliphatic carbocycles. The minimum absolute atomic E-state index is 0. The molecule has 1 aromatic carbocycles. The highest BCUT2D eigenvalue weighted by atomic mass is 127. The van der Waals surface area contributed by atoms with Gasteiger partial charge in [-0.1, -0.05) is 37.3 Å². The molecule has 2 heterocycles. The third kappa shape index (κ3) is 6.94. The molecule has 1 aliphatic rings. The van der Waals surface area contributed by atoms with E-state index in [-0.39, 0.29) is 30.0 Å². The van der Waals surface area contributed by atoms with Crippen LogP contribution in [-0.4, -0.2) is 51.3 Å². The molecule has 0 saturated carbocycles. The fourth-order valence-electron chi connectivity index (χ4n) is 3.71. The molecule has 8 heteroatoms. The van der Waals surface area contributed by atoms with E-state index in [1.165, 1.54) is 18.5 Å². The molecule has 30 heavy (non-hydrogen) atoms. The third-order valence-electron chi connectivity index (χ3n) is 5.68. The van der Waals surface area contributed by atoms with Crippen molar-refractivity contribution in [2.24, 2.45) is 12.0 Å². The number of rotatable bonds is 7. The summed E-state index contributed by atoms with van der Waals surface area (Å²) in [6, 6.07) is 11.1. The second-order valence-corrected chi connectivity index (χ2v) is 7.92. The summed E-state index contributed by atoms with van der Waals surface area (Å²) in [5.41, 5.74) is 1.24. The highest BCUT2D eigenvalue weighted by molar-refractivity contribution is 14.0. The van der Waals surface area contributed by atoms with E-state index >= 15 is 0 Å². The summed E-state index contributed by atoms with van der Waals surface area (Å²) in [6.45, 7) is 10.4. The van der Waals surface area contributed by atoms with Crippen molar-refractivity contribution in [3.63, 3.8) is 0 Å². The van der Waals surface area contributed by atoms with E-state index in [0.717, 1.165) is 43.5 Å². The minimum atomic E-state index is 0. The van der Waals surface area contributed by atoms with E-state index in [9.17, 15) is 0 Å². The van der Waals surface area contributed by atoms with Crippen molar-refractivity contribution in [2.45, 2.75) is 58.7 Å². The summed E-state index contributed by atoms with van der Waals surface area (Å²) >= 11 is 0. The first kappa shape index (κ1) is 24.6. The Morgan fingerprint density at radius 1 is 1.20 bits per heavy atom. The van der Waals surface area contributed by atoms with Gasteiger partial charge in [-0.2, -0.15) is 0 Å². The lowest BCUT2D eigenvalue weighted by Gasteiger charge is -2.33. The molecule has 0 bridgehead atoms. The number of aliphatic imine (C=N–C) groups is 1. The fraction of sp³-hybridized carbons (Fsp3) is 0.591. The molecule has 1 fully saturated rings. The number of benzene rings is 1. The average Bonchev–Trinajstić information content (AvgIpc) is 3.06. The summed E-state index contributed by atoms with van der Waals surface area (Å²) in [5, 5.41) is 15.6. The predicted molar refractivity (Wildman–Crippen MR) is 133 cm³/mol. The van der Waals surface area contributed by atoms with E-state index in [1.54, 1.807) is 0 Å². The van der Waals surface area contributed by atoms with Crippen LogP contribution in [0.25, 0.3) is 0 Å². The molecular weight excluding hydrogens is 489 g/mol. The van der Waals surface area contributed by atoms with Crippen molar-refractivity contribution in [1.29, 1.82) is 0 Å². The van der Waals surface area contributed by atoms with Crippen LogP contribution in [0.3, 0.4) is 0 Å². The smallest absolute Gasteiger partial charge is 0.192 e. The van der Waals surface area contributed by atoms with Crippen LogP contribution in [0, 0.1) is 6.92 Å². The predicted octanol–water partition coefficient (Wildman–Crippen LogP) is 3.41. The monoisotopic (exact) mass is 525 g/mol. The van der Waals surface area contributed by atoms with Gasteiger partial charge in [0.15, 0.2) is 11.8 Å². The van der Waals surface area contributed by atoms with Crippen molar-refractivity contribution in [3.8, 4) is 0 Å². The van der Waals surface area contributed by atoms with Gasteiger partial charge in [0.25, 0.3) is 0 Å². The second-order valence-electron chi connectivity index (χ2n) is 7.92. The standard InChI is InChI=1S/C22H35N7.HI/c1-5-13-29-14-11-20(12-15-29)25-22(23-16-21-27-26-18(3)28(21)4)24-17(2)19-9-7-6-8-10-19;/h6-10,17,20H,5,11-16H2,1-4H3,(H2,23,24,25);1H. The first-order valence-electron chi connectivity index (χ1n) is 10.8. The van der Waals surface area contributed by atoms with E-state index in [4.69, 9.17) is 4.99 Å². The maximum Gasteiger partial charge on any atom is 0.192 e. The number of nitrogens with zero attached hydrogens (tertiary/aromatic N) is 5. The lowest BCUT2D eigenvalue weighted by Crippen LogP contribution is -2.49. The normalized spacial score (nSPS) is 16.7. The Morgan fingerprint density at radius 3 is 2.50 bits per heavy atom. The number of aromatic nitrogens is 3. The Kier molecular flexibility index (Phi) is 10.0. The summed E-state index contributed by atoms with van der Waals surface area (Å²) in [4.78, 5) is 7.39.